The Bertz CT molecular complexity index is 389. The molecule has 0 saturated carbocycles. The summed E-state index contributed by atoms with van der Waals surface area (Å²) in [5.41, 5.74) is -2.01. The lowest BCUT2D eigenvalue weighted by Crippen LogP contribution is -2.49. The minimum absolute atomic E-state index is 0.0392. The lowest BCUT2D eigenvalue weighted by Gasteiger charge is -2.18. The van der Waals surface area contributed by atoms with Crippen LogP contribution in [0.5, 0.6) is 0 Å². The van der Waals surface area contributed by atoms with Crippen LogP contribution in [0.2, 0.25) is 0 Å². The maximum absolute atomic E-state index is 11.2. The van der Waals surface area contributed by atoms with Crippen molar-refractivity contribution in [3.8, 4) is 0 Å². The molecule has 17 heavy (non-hydrogen) atoms. The summed E-state index contributed by atoms with van der Waals surface area (Å²) in [4.78, 5) is 25.4. The summed E-state index contributed by atoms with van der Waals surface area (Å²) in [5, 5.41) is 25.9. The van der Waals surface area contributed by atoms with Gasteiger partial charge in [0.2, 0.25) is 6.39 Å². The Hall–Kier alpha value is -2.16. The highest BCUT2D eigenvalue weighted by molar-refractivity contribution is 5.79. The molecule has 1 atom stereocenters. The Kier molecular flexibility index (Phi) is 3.99. The second-order valence-electron chi connectivity index (χ2n) is 3.46. The molecule has 0 aliphatic rings. The van der Waals surface area contributed by atoms with E-state index in [4.69, 9.17) is 5.11 Å². The van der Waals surface area contributed by atoms with Gasteiger partial charge in [-0.05, 0) is 6.92 Å². The first-order valence-electron chi connectivity index (χ1n) is 4.64. The molecule has 0 radical (unpaired) electrons. The Morgan fingerprint density at radius 3 is 2.76 bits per heavy atom. The fourth-order valence-electron chi connectivity index (χ4n) is 0.820. The highest BCUT2D eigenvalue weighted by atomic mass is 16.5. The number of rotatable bonds is 5. The largest absolute Gasteiger partial charge is 0.479 e. The number of nitrogens with one attached hydrogen (secondary N) is 2. The third-order valence-electron chi connectivity index (χ3n) is 1.87. The molecule has 0 saturated heterocycles. The number of aromatic nitrogens is 2. The second-order valence-corrected chi connectivity index (χ2v) is 3.46. The summed E-state index contributed by atoms with van der Waals surface area (Å²) in [5.74, 6) is -1.14. The van der Waals surface area contributed by atoms with Gasteiger partial charge < -0.3 is 25.4 Å². The molecular formula is C8H12N4O5. The van der Waals surface area contributed by atoms with Gasteiger partial charge >= 0.3 is 12.0 Å². The van der Waals surface area contributed by atoms with Gasteiger partial charge in [0.1, 0.15) is 0 Å². The second kappa shape index (κ2) is 5.25. The van der Waals surface area contributed by atoms with Crippen LogP contribution >= 0.6 is 0 Å². The van der Waals surface area contributed by atoms with Crippen molar-refractivity contribution < 1.29 is 24.3 Å². The number of aliphatic hydroxyl groups is 1. The Labute approximate surface area is 95.8 Å². The maximum atomic E-state index is 11.2. The summed E-state index contributed by atoms with van der Waals surface area (Å²) in [6.07, 6.45) is 1.12. The van der Waals surface area contributed by atoms with Gasteiger partial charge in [-0.1, -0.05) is 5.16 Å². The molecule has 0 fully saturated rings. The van der Waals surface area contributed by atoms with Crippen molar-refractivity contribution in [1.82, 2.24) is 20.8 Å². The normalized spacial score (nSPS) is 13.8. The number of carbonyl (C=O) groups excluding carboxylic acids is 1. The average molecular weight is 244 g/mol. The maximum Gasteiger partial charge on any atom is 0.337 e. The molecule has 1 unspecified atom stereocenters. The van der Waals surface area contributed by atoms with Gasteiger partial charge in [-0.3, -0.25) is 0 Å². The smallest absolute Gasteiger partial charge is 0.337 e. The van der Waals surface area contributed by atoms with Gasteiger partial charge in [0.05, 0.1) is 13.1 Å². The van der Waals surface area contributed by atoms with E-state index in [1.165, 1.54) is 0 Å². The molecule has 0 spiro atoms. The van der Waals surface area contributed by atoms with Gasteiger partial charge in [0.15, 0.2) is 11.4 Å². The van der Waals surface area contributed by atoms with Crippen LogP contribution in [0.3, 0.4) is 0 Å². The van der Waals surface area contributed by atoms with Crippen molar-refractivity contribution in [2.45, 2.75) is 19.1 Å². The molecule has 9 nitrogen and oxygen atoms in total. The van der Waals surface area contributed by atoms with Gasteiger partial charge in [0, 0.05) is 0 Å². The molecule has 1 heterocycles. The minimum Gasteiger partial charge on any atom is -0.479 e. The highest BCUT2D eigenvalue weighted by Gasteiger charge is 2.30. The number of amides is 2. The van der Waals surface area contributed by atoms with Crippen LogP contribution in [0.1, 0.15) is 12.7 Å². The molecule has 1 rings (SSSR count). The van der Waals surface area contributed by atoms with E-state index in [2.05, 4.69) is 25.3 Å². The number of carbonyl (C=O) groups is 2. The monoisotopic (exact) mass is 244 g/mol. The molecule has 9 heteroatoms. The van der Waals surface area contributed by atoms with Crippen LogP contribution in [0.25, 0.3) is 0 Å². The zero-order valence-corrected chi connectivity index (χ0v) is 9.01. The first-order valence-corrected chi connectivity index (χ1v) is 4.64. The van der Waals surface area contributed by atoms with Crippen LogP contribution < -0.4 is 10.6 Å². The minimum atomic E-state index is -2.01. The van der Waals surface area contributed by atoms with Crippen molar-refractivity contribution in [2.24, 2.45) is 0 Å². The zero-order valence-electron chi connectivity index (χ0n) is 9.01. The summed E-state index contributed by atoms with van der Waals surface area (Å²) >= 11 is 0. The van der Waals surface area contributed by atoms with Crippen molar-refractivity contribution >= 4 is 12.0 Å². The Morgan fingerprint density at radius 1 is 1.53 bits per heavy atom. The molecule has 1 aromatic rings. The predicted octanol–water partition coefficient (Wildman–Crippen LogP) is -1.30. The van der Waals surface area contributed by atoms with E-state index < -0.39 is 24.1 Å². The summed E-state index contributed by atoms with van der Waals surface area (Å²) in [7, 11) is 0. The van der Waals surface area contributed by atoms with Gasteiger partial charge in [-0.15, -0.1) is 0 Å². The molecule has 4 N–H and O–H groups in total. The molecule has 0 bridgehead atoms. The Balaban J connectivity index is 2.28. The third-order valence-corrected chi connectivity index (χ3v) is 1.87. The van der Waals surface area contributed by atoms with E-state index in [0.29, 0.717) is 0 Å². The number of hydrogen-bond acceptors (Lipinski definition) is 6. The number of carboxylic acid groups (broad SMARTS) is 1. The quantitative estimate of drug-likeness (QED) is 0.505. The zero-order chi connectivity index (χ0) is 12.9. The average Bonchev–Trinajstić information content (AvgIpc) is 2.76. The topological polar surface area (TPSA) is 138 Å². The van der Waals surface area contributed by atoms with Crippen LogP contribution in [0.4, 0.5) is 4.79 Å². The molecule has 0 aromatic carbocycles. The van der Waals surface area contributed by atoms with E-state index in [-0.39, 0.29) is 12.4 Å². The molecule has 1 aromatic heterocycles. The van der Waals surface area contributed by atoms with E-state index in [1.807, 2.05) is 0 Å². The lowest BCUT2D eigenvalue weighted by atomic mass is 10.1. The summed E-state index contributed by atoms with van der Waals surface area (Å²) < 4.78 is 4.44. The Morgan fingerprint density at radius 2 is 2.24 bits per heavy atom. The van der Waals surface area contributed by atoms with Crippen molar-refractivity contribution in [2.75, 3.05) is 6.54 Å². The van der Waals surface area contributed by atoms with Crippen molar-refractivity contribution in [1.29, 1.82) is 0 Å². The van der Waals surface area contributed by atoms with E-state index in [9.17, 15) is 14.7 Å². The van der Waals surface area contributed by atoms with Gasteiger partial charge in [-0.2, -0.15) is 4.98 Å². The summed E-state index contributed by atoms with van der Waals surface area (Å²) in [6, 6.07) is -0.642. The third kappa shape index (κ3) is 4.07. The molecule has 2 amide bonds. The summed E-state index contributed by atoms with van der Waals surface area (Å²) in [6.45, 7) is 0.701. The van der Waals surface area contributed by atoms with Gasteiger partial charge in [0.25, 0.3) is 0 Å². The van der Waals surface area contributed by atoms with Crippen LogP contribution in [0.15, 0.2) is 10.9 Å². The number of aliphatic carboxylic acids is 1. The van der Waals surface area contributed by atoms with E-state index in [0.717, 1.165) is 13.3 Å². The first kappa shape index (κ1) is 12.9. The number of carboxylic acids is 1. The van der Waals surface area contributed by atoms with Crippen molar-refractivity contribution in [3.63, 3.8) is 0 Å². The predicted molar refractivity (Wildman–Crippen MR) is 52.8 cm³/mol. The standard InChI is InChI=1S/C8H12N4O5/c1-8(16,6(13)14)3-10-7(15)9-2-5-11-4-17-12-5/h4,16H,2-3H2,1H3,(H,13,14)(H2,9,10,15). The lowest BCUT2D eigenvalue weighted by molar-refractivity contribution is -0.155. The highest BCUT2D eigenvalue weighted by Crippen LogP contribution is 2.00. The number of urea groups is 1. The van der Waals surface area contributed by atoms with Crippen LogP contribution in [-0.4, -0.2) is 44.5 Å². The fraction of sp³-hybridized carbons (Fsp3) is 0.500. The molecular weight excluding hydrogens is 232 g/mol. The van der Waals surface area contributed by atoms with E-state index >= 15 is 0 Å². The first-order chi connectivity index (χ1) is 7.92. The van der Waals surface area contributed by atoms with Crippen LogP contribution in [-0.2, 0) is 11.3 Å². The number of hydrogen-bond donors (Lipinski definition) is 4. The SMILES string of the molecule is CC(O)(CNC(=O)NCc1ncon1)C(=O)O. The van der Waals surface area contributed by atoms with Crippen LogP contribution in [0, 0.1) is 0 Å². The van der Waals surface area contributed by atoms with Crippen molar-refractivity contribution in [3.05, 3.63) is 12.2 Å². The molecule has 94 valence electrons. The fourth-order valence-corrected chi connectivity index (χ4v) is 0.820. The van der Waals surface area contributed by atoms with E-state index in [1.54, 1.807) is 0 Å². The molecule has 0 aliphatic carbocycles. The number of nitrogens with zero attached hydrogens (tertiary/aromatic N) is 2. The molecule has 0 aliphatic heterocycles. The van der Waals surface area contributed by atoms with Gasteiger partial charge in [-0.25, -0.2) is 9.59 Å².